The molecule has 0 spiro atoms. The van der Waals surface area contributed by atoms with E-state index in [-0.39, 0.29) is 17.4 Å². The summed E-state index contributed by atoms with van der Waals surface area (Å²) >= 11 is 0. The highest BCUT2D eigenvalue weighted by Gasteiger charge is 2.21. The molecule has 2 rings (SSSR count). The summed E-state index contributed by atoms with van der Waals surface area (Å²) in [7, 11) is 0. The zero-order valence-corrected chi connectivity index (χ0v) is 13.3. The summed E-state index contributed by atoms with van der Waals surface area (Å²) in [6.07, 6.45) is 7.49. The number of benzene rings is 1. The molecule has 0 radical (unpaired) electrons. The lowest BCUT2D eigenvalue weighted by molar-refractivity contribution is 0.0645. The number of ether oxygens (including phenoxy) is 2. The molecule has 1 heterocycles. The fourth-order valence-electron chi connectivity index (χ4n) is 2.67. The van der Waals surface area contributed by atoms with Crippen LogP contribution in [0.1, 0.15) is 51.5 Å². The van der Waals surface area contributed by atoms with Gasteiger partial charge in [0, 0.05) is 5.56 Å². The Hall–Kier alpha value is -1.42. The van der Waals surface area contributed by atoms with Gasteiger partial charge in [0.05, 0.1) is 19.3 Å². The van der Waals surface area contributed by atoms with Crippen molar-refractivity contribution in [2.45, 2.75) is 52.1 Å². The minimum absolute atomic E-state index is 0.0430. The lowest BCUT2D eigenvalue weighted by Gasteiger charge is -2.23. The van der Waals surface area contributed by atoms with Crippen LogP contribution in [0.4, 0.5) is 8.78 Å². The van der Waals surface area contributed by atoms with Crippen molar-refractivity contribution in [2.24, 2.45) is 0 Å². The number of hydrogen-bond donors (Lipinski definition) is 0. The maximum atomic E-state index is 14.2. The van der Waals surface area contributed by atoms with Crippen LogP contribution in [0.25, 0.3) is 5.57 Å². The van der Waals surface area contributed by atoms with Crippen molar-refractivity contribution in [1.29, 1.82) is 0 Å². The summed E-state index contributed by atoms with van der Waals surface area (Å²) in [5.74, 6) is -1.82. The lowest BCUT2D eigenvalue weighted by Crippen LogP contribution is -2.18. The van der Waals surface area contributed by atoms with Crippen LogP contribution in [0.15, 0.2) is 18.2 Å². The number of unbranched alkanes of at least 4 members (excludes halogenated alkanes) is 2. The number of rotatable bonds is 7. The topological polar surface area (TPSA) is 18.5 Å². The van der Waals surface area contributed by atoms with Gasteiger partial charge in [-0.05, 0) is 37.5 Å². The van der Waals surface area contributed by atoms with E-state index < -0.39 is 11.6 Å². The SMILES string of the molecule is CCCCCC1CC=C(c2ccc(OCC)c(F)c2F)CO1. The van der Waals surface area contributed by atoms with E-state index in [1.807, 2.05) is 6.08 Å². The fraction of sp³-hybridized carbons (Fsp3) is 0.556. The van der Waals surface area contributed by atoms with Crippen LogP contribution in [-0.4, -0.2) is 19.3 Å². The Balaban J connectivity index is 2.05. The summed E-state index contributed by atoms with van der Waals surface area (Å²) in [4.78, 5) is 0. The van der Waals surface area contributed by atoms with E-state index in [0.29, 0.717) is 18.8 Å². The summed E-state index contributed by atoms with van der Waals surface area (Å²) in [5.41, 5.74) is 0.985. The van der Waals surface area contributed by atoms with Crippen LogP contribution in [0.5, 0.6) is 5.75 Å². The Morgan fingerprint density at radius 3 is 2.64 bits per heavy atom. The average Bonchev–Trinajstić information content (AvgIpc) is 2.53. The van der Waals surface area contributed by atoms with E-state index >= 15 is 0 Å². The molecule has 0 saturated carbocycles. The first-order valence-electron chi connectivity index (χ1n) is 8.09. The molecule has 0 N–H and O–H groups in total. The highest BCUT2D eigenvalue weighted by Crippen LogP contribution is 2.30. The standard InChI is InChI=1S/C18H24F2O2/c1-3-5-6-7-14-9-8-13(12-22-14)15-10-11-16(21-4-2)18(20)17(15)19/h8,10-11,14H,3-7,9,12H2,1-2H3. The highest BCUT2D eigenvalue weighted by atomic mass is 19.2. The Bertz CT molecular complexity index is 526. The van der Waals surface area contributed by atoms with Crippen LogP contribution in [0.3, 0.4) is 0 Å². The third kappa shape index (κ3) is 4.07. The molecule has 4 heteroatoms. The largest absolute Gasteiger partial charge is 0.491 e. The van der Waals surface area contributed by atoms with Crippen molar-refractivity contribution >= 4 is 5.57 Å². The summed E-state index contributed by atoms with van der Waals surface area (Å²) in [5, 5.41) is 0. The van der Waals surface area contributed by atoms with Gasteiger partial charge in [-0.1, -0.05) is 32.3 Å². The molecule has 1 unspecified atom stereocenters. The molecule has 1 aromatic rings. The van der Waals surface area contributed by atoms with Crippen LogP contribution >= 0.6 is 0 Å². The zero-order valence-electron chi connectivity index (χ0n) is 13.3. The molecular formula is C18H24F2O2. The van der Waals surface area contributed by atoms with Crippen molar-refractivity contribution in [3.05, 3.63) is 35.4 Å². The minimum atomic E-state index is -0.926. The number of hydrogen-bond acceptors (Lipinski definition) is 2. The maximum absolute atomic E-state index is 14.2. The van der Waals surface area contributed by atoms with E-state index in [1.165, 1.54) is 18.9 Å². The van der Waals surface area contributed by atoms with Gasteiger partial charge >= 0.3 is 0 Å². The van der Waals surface area contributed by atoms with Crippen molar-refractivity contribution in [3.8, 4) is 5.75 Å². The van der Waals surface area contributed by atoms with Crippen molar-refractivity contribution in [3.63, 3.8) is 0 Å². The van der Waals surface area contributed by atoms with Crippen molar-refractivity contribution in [1.82, 2.24) is 0 Å². The third-order valence-corrected chi connectivity index (χ3v) is 3.92. The quantitative estimate of drug-likeness (QED) is 0.651. The highest BCUT2D eigenvalue weighted by molar-refractivity contribution is 5.68. The summed E-state index contributed by atoms with van der Waals surface area (Å²) in [6.45, 7) is 4.55. The predicted molar refractivity (Wildman–Crippen MR) is 84.0 cm³/mol. The monoisotopic (exact) mass is 310 g/mol. The Labute approximate surface area is 131 Å². The van der Waals surface area contributed by atoms with Crippen molar-refractivity contribution < 1.29 is 18.3 Å². The van der Waals surface area contributed by atoms with Gasteiger partial charge in [0.15, 0.2) is 11.6 Å². The van der Waals surface area contributed by atoms with Gasteiger partial charge in [-0.2, -0.15) is 4.39 Å². The van der Waals surface area contributed by atoms with Gasteiger partial charge in [0.2, 0.25) is 5.82 Å². The molecule has 1 aromatic carbocycles. The van der Waals surface area contributed by atoms with E-state index in [0.717, 1.165) is 19.3 Å². The van der Waals surface area contributed by atoms with Crippen LogP contribution in [0.2, 0.25) is 0 Å². The minimum Gasteiger partial charge on any atom is -0.491 e. The molecule has 2 nitrogen and oxygen atoms in total. The molecule has 0 aliphatic carbocycles. The Morgan fingerprint density at radius 2 is 2.00 bits per heavy atom. The molecule has 22 heavy (non-hydrogen) atoms. The maximum Gasteiger partial charge on any atom is 0.201 e. The normalized spacial score (nSPS) is 18.2. The molecule has 0 fully saturated rings. The van der Waals surface area contributed by atoms with E-state index in [2.05, 4.69) is 6.92 Å². The molecule has 1 aliphatic rings. The summed E-state index contributed by atoms with van der Waals surface area (Å²) < 4.78 is 38.9. The smallest absolute Gasteiger partial charge is 0.201 e. The lowest BCUT2D eigenvalue weighted by atomic mass is 9.99. The Morgan fingerprint density at radius 1 is 1.18 bits per heavy atom. The van der Waals surface area contributed by atoms with Gasteiger partial charge < -0.3 is 9.47 Å². The average molecular weight is 310 g/mol. The van der Waals surface area contributed by atoms with E-state index in [1.54, 1.807) is 13.0 Å². The second kappa shape index (κ2) is 8.28. The van der Waals surface area contributed by atoms with Crippen LogP contribution in [0, 0.1) is 11.6 Å². The molecule has 0 bridgehead atoms. The van der Waals surface area contributed by atoms with Gasteiger partial charge in [-0.15, -0.1) is 0 Å². The first kappa shape index (κ1) is 16.9. The molecule has 1 aliphatic heterocycles. The first-order chi connectivity index (χ1) is 10.7. The second-order valence-electron chi connectivity index (χ2n) is 5.57. The summed E-state index contributed by atoms with van der Waals surface area (Å²) in [6, 6.07) is 3.04. The molecule has 0 aromatic heterocycles. The fourth-order valence-corrected chi connectivity index (χ4v) is 2.67. The molecular weight excluding hydrogens is 286 g/mol. The molecule has 122 valence electrons. The van der Waals surface area contributed by atoms with Crippen LogP contribution in [-0.2, 0) is 4.74 Å². The predicted octanol–water partition coefficient (Wildman–Crippen LogP) is 5.12. The zero-order chi connectivity index (χ0) is 15.9. The molecule has 1 atom stereocenters. The van der Waals surface area contributed by atoms with Crippen molar-refractivity contribution in [2.75, 3.05) is 13.2 Å². The second-order valence-corrected chi connectivity index (χ2v) is 5.57. The van der Waals surface area contributed by atoms with Gasteiger partial charge in [0.25, 0.3) is 0 Å². The number of halogens is 2. The molecule has 0 saturated heterocycles. The van der Waals surface area contributed by atoms with Crippen LogP contribution < -0.4 is 4.74 Å². The molecule has 0 amide bonds. The van der Waals surface area contributed by atoms with Gasteiger partial charge in [-0.25, -0.2) is 4.39 Å². The van der Waals surface area contributed by atoms with E-state index in [9.17, 15) is 8.78 Å². The Kier molecular flexibility index (Phi) is 6.37. The van der Waals surface area contributed by atoms with Gasteiger partial charge in [-0.3, -0.25) is 0 Å². The van der Waals surface area contributed by atoms with Gasteiger partial charge in [0.1, 0.15) is 0 Å². The first-order valence-corrected chi connectivity index (χ1v) is 8.09. The van der Waals surface area contributed by atoms with E-state index in [4.69, 9.17) is 9.47 Å². The third-order valence-electron chi connectivity index (χ3n) is 3.92.